The molecule has 1 aromatic rings. The van der Waals surface area contributed by atoms with Gasteiger partial charge in [0.15, 0.2) is 0 Å². The number of aliphatic hydroxyl groups is 1. The Morgan fingerprint density at radius 1 is 1.15 bits per heavy atom. The second kappa shape index (κ2) is 5.94. The van der Waals surface area contributed by atoms with Crippen molar-refractivity contribution in [2.45, 2.75) is 43.7 Å². The van der Waals surface area contributed by atoms with Crippen LogP contribution in [0.5, 0.6) is 0 Å². The van der Waals surface area contributed by atoms with Gasteiger partial charge in [-0.15, -0.1) is 0 Å². The monoisotopic (exact) mass is 269 g/mol. The van der Waals surface area contributed by atoms with Crippen molar-refractivity contribution in [2.24, 2.45) is 0 Å². The van der Waals surface area contributed by atoms with Crippen LogP contribution in [0, 0.1) is 0 Å². The topological polar surface area (TPSA) is 32.3 Å². The second-order valence-corrected chi connectivity index (χ2v) is 6.06. The molecular weight excluding hydrogens is 246 g/mol. The number of allylic oxidation sites excluding steroid dienone is 2. The van der Waals surface area contributed by atoms with Gasteiger partial charge in [0, 0.05) is 19.0 Å². The van der Waals surface area contributed by atoms with Crippen LogP contribution in [0.4, 0.5) is 0 Å². The minimum absolute atomic E-state index is 0.596. The zero-order valence-electron chi connectivity index (χ0n) is 11.9. The second-order valence-electron chi connectivity index (χ2n) is 6.06. The third-order valence-electron chi connectivity index (χ3n) is 4.40. The standard InChI is InChI=1S/C18H23NO/c20-18(14-19-17-10-4-5-11-17)12-6-9-16(13-18)15-7-2-1-3-8-15/h1-3,6-9,12,17,19-20H,4-5,10-11,13-14H2. The number of hydrogen-bond donors (Lipinski definition) is 2. The minimum Gasteiger partial charge on any atom is -0.384 e. The number of nitrogens with one attached hydrogen (secondary N) is 1. The molecule has 0 heterocycles. The van der Waals surface area contributed by atoms with Crippen LogP contribution in [-0.2, 0) is 0 Å². The van der Waals surface area contributed by atoms with Gasteiger partial charge in [0.05, 0.1) is 5.60 Å². The minimum atomic E-state index is -0.748. The van der Waals surface area contributed by atoms with Crippen molar-refractivity contribution >= 4 is 5.57 Å². The van der Waals surface area contributed by atoms with E-state index in [1.165, 1.54) is 36.8 Å². The summed E-state index contributed by atoms with van der Waals surface area (Å²) >= 11 is 0. The highest BCUT2D eigenvalue weighted by Gasteiger charge is 2.28. The zero-order chi connectivity index (χ0) is 13.8. The molecule has 2 N–H and O–H groups in total. The number of rotatable bonds is 4. The third kappa shape index (κ3) is 3.20. The lowest BCUT2D eigenvalue weighted by molar-refractivity contribution is 0.0911. The summed E-state index contributed by atoms with van der Waals surface area (Å²) in [6, 6.07) is 10.9. The first-order valence-electron chi connectivity index (χ1n) is 7.65. The molecule has 106 valence electrons. The van der Waals surface area contributed by atoms with Gasteiger partial charge in [-0.3, -0.25) is 0 Å². The van der Waals surface area contributed by atoms with Crippen molar-refractivity contribution in [3.8, 4) is 0 Å². The van der Waals surface area contributed by atoms with Gasteiger partial charge in [0.1, 0.15) is 0 Å². The summed E-state index contributed by atoms with van der Waals surface area (Å²) in [6.45, 7) is 0.651. The Morgan fingerprint density at radius 3 is 2.65 bits per heavy atom. The van der Waals surface area contributed by atoms with Crippen molar-refractivity contribution in [3.63, 3.8) is 0 Å². The van der Waals surface area contributed by atoms with E-state index < -0.39 is 5.60 Å². The summed E-state index contributed by atoms with van der Waals surface area (Å²) in [5, 5.41) is 14.3. The zero-order valence-corrected chi connectivity index (χ0v) is 11.9. The van der Waals surface area contributed by atoms with E-state index in [0.29, 0.717) is 19.0 Å². The molecule has 0 saturated heterocycles. The fraction of sp³-hybridized carbons (Fsp3) is 0.444. The lowest BCUT2D eigenvalue weighted by Crippen LogP contribution is -2.43. The molecule has 0 amide bonds. The van der Waals surface area contributed by atoms with E-state index >= 15 is 0 Å². The van der Waals surface area contributed by atoms with Gasteiger partial charge in [-0.1, -0.05) is 61.4 Å². The quantitative estimate of drug-likeness (QED) is 0.879. The Kier molecular flexibility index (Phi) is 4.04. The maximum Gasteiger partial charge on any atom is 0.0994 e. The van der Waals surface area contributed by atoms with Crippen LogP contribution in [0.15, 0.2) is 48.6 Å². The molecule has 0 spiro atoms. The van der Waals surface area contributed by atoms with Gasteiger partial charge in [-0.25, -0.2) is 0 Å². The molecule has 1 atom stereocenters. The van der Waals surface area contributed by atoms with Gasteiger partial charge in [-0.05, 0) is 24.0 Å². The summed E-state index contributed by atoms with van der Waals surface area (Å²) in [7, 11) is 0. The lowest BCUT2D eigenvalue weighted by Gasteiger charge is -2.30. The lowest BCUT2D eigenvalue weighted by atomic mass is 9.86. The van der Waals surface area contributed by atoms with Crippen molar-refractivity contribution in [1.29, 1.82) is 0 Å². The summed E-state index contributed by atoms with van der Waals surface area (Å²) in [5.74, 6) is 0. The Bertz CT molecular complexity index is 499. The summed E-state index contributed by atoms with van der Waals surface area (Å²) in [6.07, 6.45) is 11.9. The van der Waals surface area contributed by atoms with E-state index in [-0.39, 0.29) is 0 Å². The van der Waals surface area contributed by atoms with E-state index in [2.05, 4.69) is 23.5 Å². The van der Waals surface area contributed by atoms with Crippen LogP contribution in [0.2, 0.25) is 0 Å². The average Bonchev–Trinajstić information content (AvgIpc) is 3.00. The highest BCUT2D eigenvalue weighted by Crippen LogP contribution is 2.30. The highest BCUT2D eigenvalue weighted by atomic mass is 16.3. The Hall–Kier alpha value is -1.38. The summed E-state index contributed by atoms with van der Waals surface area (Å²) < 4.78 is 0. The van der Waals surface area contributed by atoms with Crippen LogP contribution in [-0.4, -0.2) is 23.3 Å². The molecule has 0 aromatic heterocycles. The molecule has 0 aliphatic heterocycles. The first-order chi connectivity index (χ1) is 9.75. The molecule has 1 fully saturated rings. The van der Waals surface area contributed by atoms with Crippen LogP contribution in [0.25, 0.3) is 5.57 Å². The van der Waals surface area contributed by atoms with Gasteiger partial charge < -0.3 is 10.4 Å². The van der Waals surface area contributed by atoms with Crippen molar-refractivity contribution < 1.29 is 5.11 Å². The van der Waals surface area contributed by atoms with Crippen LogP contribution in [0.1, 0.15) is 37.7 Å². The van der Waals surface area contributed by atoms with Gasteiger partial charge in [-0.2, -0.15) is 0 Å². The van der Waals surface area contributed by atoms with E-state index in [4.69, 9.17) is 0 Å². The average molecular weight is 269 g/mol. The highest BCUT2D eigenvalue weighted by molar-refractivity contribution is 5.69. The largest absolute Gasteiger partial charge is 0.384 e. The molecule has 0 bridgehead atoms. The molecule has 2 nitrogen and oxygen atoms in total. The molecule has 2 aliphatic carbocycles. The molecule has 3 rings (SSSR count). The summed E-state index contributed by atoms with van der Waals surface area (Å²) in [5.41, 5.74) is 1.67. The molecule has 1 aromatic carbocycles. The summed E-state index contributed by atoms with van der Waals surface area (Å²) in [4.78, 5) is 0. The maximum absolute atomic E-state index is 10.8. The van der Waals surface area contributed by atoms with E-state index in [0.717, 1.165) is 0 Å². The Balaban J connectivity index is 1.64. The maximum atomic E-state index is 10.8. The van der Waals surface area contributed by atoms with Crippen molar-refractivity contribution in [3.05, 3.63) is 54.1 Å². The van der Waals surface area contributed by atoms with Gasteiger partial charge in [0.25, 0.3) is 0 Å². The predicted molar refractivity (Wildman–Crippen MR) is 83.4 cm³/mol. The first kappa shape index (κ1) is 13.6. The Labute approximate surface area is 121 Å². The van der Waals surface area contributed by atoms with E-state index in [9.17, 15) is 5.11 Å². The smallest absolute Gasteiger partial charge is 0.0994 e. The van der Waals surface area contributed by atoms with Crippen molar-refractivity contribution in [1.82, 2.24) is 5.32 Å². The van der Waals surface area contributed by atoms with Crippen LogP contribution < -0.4 is 5.32 Å². The third-order valence-corrected chi connectivity index (χ3v) is 4.40. The van der Waals surface area contributed by atoms with Crippen molar-refractivity contribution in [2.75, 3.05) is 6.54 Å². The molecule has 2 aliphatic rings. The van der Waals surface area contributed by atoms with Crippen LogP contribution >= 0.6 is 0 Å². The number of benzene rings is 1. The normalized spacial score (nSPS) is 26.8. The SMILES string of the molecule is OC1(CNC2CCCC2)C=CC=C(c2ccccc2)C1. The van der Waals surface area contributed by atoms with Crippen LogP contribution in [0.3, 0.4) is 0 Å². The van der Waals surface area contributed by atoms with Gasteiger partial charge in [0.2, 0.25) is 0 Å². The van der Waals surface area contributed by atoms with E-state index in [1.807, 2.05) is 30.4 Å². The fourth-order valence-corrected chi connectivity index (χ4v) is 3.21. The molecule has 0 radical (unpaired) electrons. The first-order valence-corrected chi connectivity index (χ1v) is 7.65. The van der Waals surface area contributed by atoms with Gasteiger partial charge >= 0.3 is 0 Å². The fourth-order valence-electron chi connectivity index (χ4n) is 3.21. The molecule has 1 saturated carbocycles. The van der Waals surface area contributed by atoms with E-state index in [1.54, 1.807) is 0 Å². The Morgan fingerprint density at radius 2 is 1.90 bits per heavy atom. The molecule has 20 heavy (non-hydrogen) atoms. The molecule has 2 heteroatoms. The molecule has 1 unspecified atom stereocenters. The predicted octanol–water partition coefficient (Wildman–Crippen LogP) is 3.29. The number of hydrogen-bond acceptors (Lipinski definition) is 2. The molecular formula is C18H23NO.